The monoisotopic (exact) mass is 219 g/mol. The largest absolute Gasteiger partial charge is 0.382 e. The molecule has 0 spiro atoms. The molecule has 0 radical (unpaired) electrons. The number of amidine groups is 1. The zero-order chi connectivity index (χ0) is 12.6. The van der Waals surface area contributed by atoms with Crippen LogP contribution in [0.1, 0.15) is 33.6 Å². The summed E-state index contributed by atoms with van der Waals surface area (Å²) in [4.78, 5) is 5.81. The third-order valence-corrected chi connectivity index (χ3v) is 2.02. The molecule has 0 aromatic heterocycles. The van der Waals surface area contributed by atoms with E-state index in [-0.39, 0.29) is 0 Å². The van der Waals surface area contributed by atoms with E-state index in [1.165, 1.54) is 0 Å². The molecule has 0 aromatic rings. The van der Waals surface area contributed by atoms with Crippen molar-refractivity contribution in [1.29, 1.82) is 0 Å². The topological polar surface area (TPSA) is 41.6 Å². The van der Waals surface area contributed by atoms with Gasteiger partial charge in [-0.1, -0.05) is 25.8 Å². The Kier molecular flexibility index (Phi) is 6.78. The van der Waals surface area contributed by atoms with Crippen molar-refractivity contribution in [3.8, 4) is 12.5 Å². The molecule has 3 heteroatoms. The van der Waals surface area contributed by atoms with E-state index >= 15 is 0 Å². The van der Waals surface area contributed by atoms with Crippen molar-refractivity contribution in [2.75, 3.05) is 7.05 Å². The molecule has 0 rings (SSSR count). The number of hydrogen-bond donors (Lipinski definition) is 1. The Hall–Kier alpha value is -1.69. The van der Waals surface area contributed by atoms with Crippen molar-refractivity contribution in [1.82, 2.24) is 4.90 Å². The first-order valence-electron chi connectivity index (χ1n) is 5.40. The van der Waals surface area contributed by atoms with Gasteiger partial charge in [0, 0.05) is 19.3 Å². The summed E-state index contributed by atoms with van der Waals surface area (Å²) < 4.78 is 0. The zero-order valence-corrected chi connectivity index (χ0v) is 10.6. The van der Waals surface area contributed by atoms with E-state index in [2.05, 4.69) is 18.0 Å². The average Bonchev–Trinajstić information content (AvgIpc) is 2.23. The molecule has 0 saturated carbocycles. The predicted octanol–water partition coefficient (Wildman–Crippen LogP) is 2.47. The van der Waals surface area contributed by atoms with Gasteiger partial charge in [-0.2, -0.15) is 0 Å². The second-order valence-corrected chi connectivity index (χ2v) is 3.72. The van der Waals surface area contributed by atoms with Crippen LogP contribution in [0.25, 0.3) is 0 Å². The second-order valence-electron chi connectivity index (χ2n) is 3.72. The average molecular weight is 219 g/mol. The quantitative estimate of drug-likeness (QED) is 0.334. The Labute approximate surface area is 98.7 Å². The molecule has 0 saturated heterocycles. The molecule has 0 fully saturated rings. The van der Waals surface area contributed by atoms with Gasteiger partial charge in [0.15, 0.2) is 0 Å². The highest BCUT2D eigenvalue weighted by molar-refractivity contribution is 5.97. The van der Waals surface area contributed by atoms with E-state index in [1.54, 1.807) is 18.1 Å². The van der Waals surface area contributed by atoms with Gasteiger partial charge in [-0.05, 0) is 25.8 Å². The van der Waals surface area contributed by atoms with Crippen LogP contribution < -0.4 is 5.73 Å². The van der Waals surface area contributed by atoms with Crippen LogP contribution >= 0.6 is 0 Å². The molecule has 0 heterocycles. The van der Waals surface area contributed by atoms with Gasteiger partial charge in [-0.3, -0.25) is 0 Å². The van der Waals surface area contributed by atoms with Crippen molar-refractivity contribution < 1.29 is 0 Å². The summed E-state index contributed by atoms with van der Waals surface area (Å²) in [7, 11) is 1.79. The Bertz CT molecular complexity index is 339. The standard InChI is InChI=1S/C13H21N3/c1-6-8-9-10-15-13(14)12(11(3)4)16(5)7-2/h2,9-10H,6,8H2,1,3-5H3,(H2,14,15)/b10-9+. The van der Waals surface area contributed by atoms with Gasteiger partial charge >= 0.3 is 0 Å². The first-order valence-corrected chi connectivity index (χ1v) is 5.40. The molecule has 0 atom stereocenters. The minimum Gasteiger partial charge on any atom is -0.382 e. The lowest BCUT2D eigenvalue weighted by molar-refractivity contribution is 0.624. The van der Waals surface area contributed by atoms with Gasteiger partial charge in [0.2, 0.25) is 0 Å². The van der Waals surface area contributed by atoms with E-state index in [0.29, 0.717) is 5.84 Å². The third-order valence-electron chi connectivity index (χ3n) is 2.02. The molecule has 0 amide bonds. The zero-order valence-electron chi connectivity index (χ0n) is 10.6. The lowest BCUT2D eigenvalue weighted by atomic mass is 10.2. The van der Waals surface area contributed by atoms with Crippen LogP contribution in [0.15, 0.2) is 28.5 Å². The van der Waals surface area contributed by atoms with E-state index in [9.17, 15) is 0 Å². The van der Waals surface area contributed by atoms with Gasteiger partial charge in [0.25, 0.3) is 0 Å². The summed E-state index contributed by atoms with van der Waals surface area (Å²) in [5, 5.41) is 0. The highest BCUT2D eigenvalue weighted by Crippen LogP contribution is 2.07. The fourth-order valence-corrected chi connectivity index (χ4v) is 1.26. The second kappa shape index (κ2) is 7.58. The maximum atomic E-state index is 5.88. The minimum atomic E-state index is 0.452. The Morgan fingerprint density at radius 1 is 1.50 bits per heavy atom. The van der Waals surface area contributed by atoms with E-state index < -0.39 is 0 Å². The van der Waals surface area contributed by atoms with Gasteiger partial charge in [-0.15, -0.1) is 0 Å². The third kappa shape index (κ3) is 4.70. The fourth-order valence-electron chi connectivity index (χ4n) is 1.26. The van der Waals surface area contributed by atoms with E-state index in [1.807, 2.05) is 19.9 Å². The highest BCUT2D eigenvalue weighted by Gasteiger charge is 2.08. The maximum Gasteiger partial charge on any atom is 0.147 e. The molecule has 0 aliphatic carbocycles. The molecule has 0 aliphatic heterocycles. The molecule has 0 unspecified atom stereocenters. The predicted molar refractivity (Wildman–Crippen MR) is 70.6 cm³/mol. The summed E-state index contributed by atoms with van der Waals surface area (Å²) in [6, 6.07) is 2.52. The van der Waals surface area contributed by atoms with Crippen LogP contribution in [0.3, 0.4) is 0 Å². The van der Waals surface area contributed by atoms with E-state index in [0.717, 1.165) is 24.1 Å². The normalized spacial score (nSPS) is 11.3. The van der Waals surface area contributed by atoms with E-state index in [4.69, 9.17) is 12.2 Å². The van der Waals surface area contributed by atoms with Crippen molar-refractivity contribution >= 4 is 5.84 Å². The van der Waals surface area contributed by atoms with Crippen molar-refractivity contribution in [3.63, 3.8) is 0 Å². The smallest absolute Gasteiger partial charge is 0.147 e. The van der Waals surface area contributed by atoms with Crippen molar-refractivity contribution in [2.24, 2.45) is 10.7 Å². The summed E-state index contributed by atoms with van der Waals surface area (Å²) in [5.74, 6) is 0.452. The van der Waals surface area contributed by atoms with Gasteiger partial charge in [-0.25, -0.2) is 4.99 Å². The van der Waals surface area contributed by atoms with Crippen LogP contribution in [-0.2, 0) is 0 Å². The molecular weight excluding hydrogens is 198 g/mol. The highest BCUT2D eigenvalue weighted by atomic mass is 15.1. The minimum absolute atomic E-state index is 0.452. The van der Waals surface area contributed by atoms with Gasteiger partial charge in [0.05, 0.1) is 5.70 Å². The van der Waals surface area contributed by atoms with Crippen LogP contribution in [-0.4, -0.2) is 17.8 Å². The number of nitrogens with zero attached hydrogens (tertiary/aromatic N) is 2. The molecule has 0 aromatic carbocycles. The van der Waals surface area contributed by atoms with Gasteiger partial charge in [0.1, 0.15) is 5.84 Å². The lowest BCUT2D eigenvalue weighted by Crippen LogP contribution is -2.26. The number of aliphatic imine (C=N–C) groups is 1. The molecule has 0 aliphatic rings. The van der Waals surface area contributed by atoms with Crippen LogP contribution in [0.4, 0.5) is 0 Å². The van der Waals surface area contributed by atoms with Crippen molar-refractivity contribution in [3.05, 3.63) is 23.5 Å². The van der Waals surface area contributed by atoms with Crippen LogP contribution in [0.5, 0.6) is 0 Å². The SMILES string of the molecule is C#CN(C)C(C(N)=N/C=C/CCC)=C(C)C. The number of nitrogens with two attached hydrogens (primary N) is 1. The van der Waals surface area contributed by atoms with Gasteiger partial charge < -0.3 is 10.6 Å². The van der Waals surface area contributed by atoms with Crippen molar-refractivity contribution in [2.45, 2.75) is 33.6 Å². The molecule has 16 heavy (non-hydrogen) atoms. The fraction of sp³-hybridized carbons (Fsp3) is 0.462. The molecule has 0 bridgehead atoms. The first-order chi connectivity index (χ1) is 7.54. The first kappa shape index (κ1) is 14.3. The number of rotatable bonds is 5. The summed E-state index contributed by atoms with van der Waals surface area (Å²) in [6.07, 6.45) is 11.2. The van der Waals surface area contributed by atoms with Crippen LogP contribution in [0.2, 0.25) is 0 Å². The number of likely N-dealkylation sites (N-methyl/N-ethyl adjacent to an activating group) is 1. The number of allylic oxidation sites excluding steroid dienone is 2. The summed E-state index contributed by atoms with van der Waals surface area (Å²) >= 11 is 0. The Morgan fingerprint density at radius 2 is 2.12 bits per heavy atom. The molecular formula is C13H21N3. The Balaban J connectivity index is 4.86. The lowest BCUT2D eigenvalue weighted by Gasteiger charge is -2.16. The number of hydrogen-bond acceptors (Lipinski definition) is 2. The summed E-state index contributed by atoms with van der Waals surface area (Å²) in [5.41, 5.74) is 7.72. The molecule has 88 valence electrons. The number of unbranched alkanes of at least 4 members (excludes halogenated alkanes) is 1. The molecule has 3 nitrogen and oxygen atoms in total. The summed E-state index contributed by atoms with van der Waals surface area (Å²) in [6.45, 7) is 6.04. The molecule has 2 N–H and O–H groups in total. The van der Waals surface area contributed by atoms with Crippen LogP contribution in [0, 0.1) is 12.5 Å². The maximum absolute atomic E-state index is 5.88. The Morgan fingerprint density at radius 3 is 2.56 bits per heavy atom. The number of terminal acetylenes is 1.